The molecule has 2 aromatic rings. The van der Waals surface area contributed by atoms with Crippen molar-refractivity contribution in [3.63, 3.8) is 0 Å². The lowest BCUT2D eigenvalue weighted by atomic mass is 10.1. The summed E-state index contributed by atoms with van der Waals surface area (Å²) in [6.07, 6.45) is 0. The molecule has 132 valence electrons. The average molecular weight is 362 g/mol. The van der Waals surface area contributed by atoms with E-state index in [2.05, 4.69) is 4.90 Å². The summed E-state index contributed by atoms with van der Waals surface area (Å²) in [5.41, 5.74) is 2.63. The Morgan fingerprint density at radius 2 is 2.16 bits per heavy atom. The molecule has 0 radical (unpaired) electrons. The molecular weight excluding hydrogens is 343 g/mol. The normalized spacial score (nSPS) is 13.8. The SMILES string of the molecule is CCSc1cc(N2CCOc3cc(F)ccc3C2)cc(C)c1[N+](=O)[O-]. The van der Waals surface area contributed by atoms with E-state index in [0.29, 0.717) is 35.9 Å². The fraction of sp³-hybridized carbons (Fsp3) is 0.333. The molecule has 7 heteroatoms. The molecule has 5 nitrogen and oxygen atoms in total. The molecule has 0 fully saturated rings. The minimum Gasteiger partial charge on any atom is -0.491 e. The second kappa shape index (κ2) is 7.31. The highest BCUT2D eigenvalue weighted by molar-refractivity contribution is 7.99. The van der Waals surface area contributed by atoms with Gasteiger partial charge in [0.15, 0.2) is 0 Å². The van der Waals surface area contributed by atoms with Gasteiger partial charge in [-0.2, -0.15) is 0 Å². The van der Waals surface area contributed by atoms with Crippen LogP contribution < -0.4 is 9.64 Å². The number of nitrogens with zero attached hydrogens (tertiary/aromatic N) is 2. The number of nitro groups is 1. The number of halogens is 1. The van der Waals surface area contributed by atoms with Crippen molar-refractivity contribution in [3.05, 3.63) is 57.4 Å². The first-order valence-electron chi connectivity index (χ1n) is 8.07. The maximum atomic E-state index is 13.4. The molecule has 0 bridgehead atoms. The molecule has 0 amide bonds. The molecule has 1 heterocycles. The van der Waals surface area contributed by atoms with E-state index in [9.17, 15) is 14.5 Å². The van der Waals surface area contributed by atoms with E-state index in [0.717, 1.165) is 17.0 Å². The van der Waals surface area contributed by atoms with Crippen LogP contribution in [-0.2, 0) is 6.54 Å². The Labute approximate surface area is 149 Å². The zero-order valence-electron chi connectivity index (χ0n) is 14.1. The molecule has 0 saturated carbocycles. The van der Waals surface area contributed by atoms with Gasteiger partial charge in [-0.05, 0) is 30.9 Å². The third-order valence-electron chi connectivity index (χ3n) is 4.11. The molecule has 1 aliphatic heterocycles. The Hall–Kier alpha value is -2.28. The van der Waals surface area contributed by atoms with Crippen molar-refractivity contribution in [2.45, 2.75) is 25.3 Å². The molecule has 0 atom stereocenters. The lowest BCUT2D eigenvalue weighted by Gasteiger charge is -2.23. The zero-order chi connectivity index (χ0) is 18.0. The van der Waals surface area contributed by atoms with E-state index in [1.54, 1.807) is 13.0 Å². The molecule has 0 aromatic heterocycles. The molecule has 0 N–H and O–H groups in total. The predicted octanol–water partition coefficient (Wildman–Crippen LogP) is 4.55. The van der Waals surface area contributed by atoms with Gasteiger partial charge in [-0.15, -0.1) is 11.8 Å². The molecule has 0 aliphatic carbocycles. The number of fused-ring (bicyclic) bond motifs is 1. The van der Waals surface area contributed by atoms with Gasteiger partial charge in [0.2, 0.25) is 0 Å². The van der Waals surface area contributed by atoms with Gasteiger partial charge in [0.05, 0.1) is 16.4 Å². The van der Waals surface area contributed by atoms with Gasteiger partial charge < -0.3 is 9.64 Å². The number of nitro benzene ring substituents is 1. The van der Waals surface area contributed by atoms with Crippen molar-refractivity contribution in [2.75, 3.05) is 23.8 Å². The molecule has 0 saturated heterocycles. The summed E-state index contributed by atoms with van der Waals surface area (Å²) in [6.45, 7) is 5.37. The van der Waals surface area contributed by atoms with Gasteiger partial charge in [0, 0.05) is 29.4 Å². The van der Waals surface area contributed by atoms with Crippen molar-refractivity contribution in [2.24, 2.45) is 0 Å². The largest absolute Gasteiger partial charge is 0.491 e. The van der Waals surface area contributed by atoms with Gasteiger partial charge in [-0.3, -0.25) is 10.1 Å². The number of thioether (sulfide) groups is 1. The van der Waals surface area contributed by atoms with Gasteiger partial charge in [-0.1, -0.05) is 13.0 Å². The van der Waals surface area contributed by atoms with Crippen molar-refractivity contribution < 1.29 is 14.1 Å². The fourth-order valence-electron chi connectivity index (χ4n) is 2.98. The zero-order valence-corrected chi connectivity index (χ0v) is 14.9. The highest BCUT2D eigenvalue weighted by Gasteiger charge is 2.22. The smallest absolute Gasteiger partial charge is 0.285 e. The number of hydrogen-bond donors (Lipinski definition) is 0. The van der Waals surface area contributed by atoms with Crippen molar-refractivity contribution in [1.82, 2.24) is 0 Å². The Balaban J connectivity index is 1.98. The third-order valence-corrected chi connectivity index (χ3v) is 5.02. The van der Waals surface area contributed by atoms with E-state index in [4.69, 9.17) is 4.74 Å². The Morgan fingerprint density at radius 1 is 1.36 bits per heavy atom. The van der Waals surface area contributed by atoms with Gasteiger partial charge in [0.1, 0.15) is 18.2 Å². The number of anilines is 1. The maximum absolute atomic E-state index is 13.4. The summed E-state index contributed by atoms with van der Waals surface area (Å²) in [6, 6.07) is 8.26. The summed E-state index contributed by atoms with van der Waals surface area (Å²) in [5, 5.41) is 11.4. The molecule has 0 unspecified atom stereocenters. The van der Waals surface area contributed by atoms with Crippen LogP contribution in [-0.4, -0.2) is 23.8 Å². The first kappa shape index (κ1) is 17.5. The first-order valence-corrected chi connectivity index (χ1v) is 9.06. The number of aryl methyl sites for hydroxylation is 1. The van der Waals surface area contributed by atoms with E-state index in [1.165, 1.54) is 23.9 Å². The molecule has 0 spiro atoms. The van der Waals surface area contributed by atoms with Gasteiger partial charge in [-0.25, -0.2) is 4.39 Å². The van der Waals surface area contributed by atoms with Crippen LogP contribution in [0.2, 0.25) is 0 Å². The van der Waals surface area contributed by atoms with E-state index in [-0.39, 0.29) is 16.4 Å². The Bertz CT molecular complexity index is 813. The first-order chi connectivity index (χ1) is 12.0. The van der Waals surface area contributed by atoms with Crippen molar-refractivity contribution >= 4 is 23.1 Å². The van der Waals surface area contributed by atoms with Crippen LogP contribution in [0.4, 0.5) is 15.8 Å². The molecule has 1 aliphatic rings. The van der Waals surface area contributed by atoms with Crippen LogP contribution in [0.1, 0.15) is 18.1 Å². The second-order valence-corrected chi connectivity index (χ2v) is 7.13. The van der Waals surface area contributed by atoms with Crippen molar-refractivity contribution in [1.29, 1.82) is 0 Å². The number of benzene rings is 2. The number of rotatable bonds is 4. The maximum Gasteiger partial charge on any atom is 0.285 e. The number of hydrogen-bond acceptors (Lipinski definition) is 5. The quantitative estimate of drug-likeness (QED) is 0.454. The Kier molecular flexibility index (Phi) is 5.13. The van der Waals surface area contributed by atoms with E-state index >= 15 is 0 Å². The van der Waals surface area contributed by atoms with Crippen LogP contribution in [0.3, 0.4) is 0 Å². The van der Waals surface area contributed by atoms with E-state index in [1.807, 2.05) is 19.1 Å². The minimum atomic E-state index is -0.319. The molecular formula is C18H19FN2O3S. The third kappa shape index (κ3) is 3.71. The lowest BCUT2D eigenvalue weighted by Crippen LogP contribution is -2.25. The fourth-order valence-corrected chi connectivity index (χ4v) is 3.86. The summed E-state index contributed by atoms with van der Waals surface area (Å²) < 4.78 is 19.1. The topological polar surface area (TPSA) is 55.6 Å². The van der Waals surface area contributed by atoms with Crippen LogP contribution >= 0.6 is 11.8 Å². The van der Waals surface area contributed by atoms with Gasteiger partial charge in [0.25, 0.3) is 5.69 Å². The lowest BCUT2D eigenvalue weighted by molar-refractivity contribution is -0.388. The highest BCUT2D eigenvalue weighted by Crippen LogP contribution is 2.37. The number of ether oxygens (including phenoxy) is 1. The van der Waals surface area contributed by atoms with Crippen LogP contribution in [0, 0.1) is 22.9 Å². The second-order valence-electron chi connectivity index (χ2n) is 5.82. The highest BCUT2D eigenvalue weighted by atomic mass is 32.2. The van der Waals surface area contributed by atoms with E-state index < -0.39 is 0 Å². The molecule has 2 aromatic carbocycles. The molecule has 25 heavy (non-hydrogen) atoms. The van der Waals surface area contributed by atoms with Gasteiger partial charge >= 0.3 is 0 Å². The van der Waals surface area contributed by atoms with Crippen LogP contribution in [0.5, 0.6) is 5.75 Å². The van der Waals surface area contributed by atoms with Crippen molar-refractivity contribution in [3.8, 4) is 5.75 Å². The summed E-state index contributed by atoms with van der Waals surface area (Å²) >= 11 is 1.47. The Morgan fingerprint density at radius 3 is 2.88 bits per heavy atom. The standard InChI is InChI=1S/C18H19FN2O3S/c1-3-25-17-10-15(8-12(2)18(17)21(22)23)20-6-7-24-16-9-14(19)5-4-13(16)11-20/h4-5,8-10H,3,6-7,11H2,1-2H3. The predicted molar refractivity (Wildman–Crippen MR) is 97.2 cm³/mol. The van der Waals surface area contributed by atoms with Crippen LogP contribution in [0.15, 0.2) is 35.2 Å². The summed E-state index contributed by atoms with van der Waals surface area (Å²) in [4.78, 5) is 13.8. The summed E-state index contributed by atoms with van der Waals surface area (Å²) in [7, 11) is 0. The summed E-state index contributed by atoms with van der Waals surface area (Å²) in [5.74, 6) is 0.999. The molecule has 3 rings (SSSR count). The average Bonchev–Trinajstić information content (AvgIpc) is 2.76. The minimum absolute atomic E-state index is 0.171. The van der Waals surface area contributed by atoms with Crippen LogP contribution in [0.25, 0.3) is 0 Å². The monoisotopic (exact) mass is 362 g/mol.